The topological polar surface area (TPSA) is 58.7 Å². The minimum Gasteiger partial charge on any atom is -0.389 e. The Balaban J connectivity index is 2.11. The number of rotatable bonds is 4. The van der Waals surface area contributed by atoms with E-state index in [1.165, 1.54) is 6.07 Å². The minimum absolute atomic E-state index is 0.0414. The summed E-state index contributed by atoms with van der Waals surface area (Å²) in [6.45, 7) is 1.54. The lowest BCUT2D eigenvalue weighted by Crippen LogP contribution is -2.45. The third kappa shape index (κ3) is 3.45. The Morgan fingerprint density at radius 2 is 2.15 bits per heavy atom. The molecule has 1 aliphatic heterocycles. The molecule has 1 saturated heterocycles. The quantitative estimate of drug-likeness (QED) is 0.824. The Bertz CT molecular complexity index is 504. The van der Waals surface area contributed by atoms with Crippen molar-refractivity contribution < 1.29 is 14.2 Å². The second-order valence-electron chi connectivity index (χ2n) is 5.22. The van der Waals surface area contributed by atoms with E-state index in [4.69, 9.17) is 22.7 Å². The lowest BCUT2D eigenvalue weighted by atomic mass is 9.93. The molecule has 1 aromatic rings. The highest BCUT2D eigenvalue weighted by Crippen LogP contribution is 2.25. The van der Waals surface area contributed by atoms with Crippen molar-refractivity contribution in [3.8, 4) is 0 Å². The van der Waals surface area contributed by atoms with Crippen LogP contribution in [0.25, 0.3) is 0 Å². The van der Waals surface area contributed by atoms with Gasteiger partial charge in [-0.05, 0) is 18.2 Å². The first kappa shape index (κ1) is 15.2. The van der Waals surface area contributed by atoms with Crippen molar-refractivity contribution >= 4 is 22.9 Å². The molecule has 6 heteroatoms. The van der Waals surface area contributed by atoms with Crippen molar-refractivity contribution in [2.24, 2.45) is 5.73 Å². The van der Waals surface area contributed by atoms with E-state index >= 15 is 0 Å². The number of hydrogen-bond acceptors (Lipinski definition) is 4. The van der Waals surface area contributed by atoms with Gasteiger partial charge in [0, 0.05) is 50.9 Å². The maximum Gasteiger partial charge on any atom is 0.135 e. The summed E-state index contributed by atoms with van der Waals surface area (Å²) in [4.78, 5) is 1.87. The van der Waals surface area contributed by atoms with Crippen LogP contribution in [0.3, 0.4) is 0 Å². The number of nitrogens with two attached hydrogens (primary N) is 1. The van der Waals surface area contributed by atoms with Gasteiger partial charge in [0.2, 0.25) is 0 Å². The fourth-order valence-electron chi connectivity index (χ4n) is 2.38. The molecule has 4 nitrogen and oxygen atoms in total. The number of nitrogens with zero attached hydrogens (tertiary/aromatic N) is 1. The summed E-state index contributed by atoms with van der Waals surface area (Å²) < 4.78 is 19.1. The van der Waals surface area contributed by atoms with Gasteiger partial charge in [0.25, 0.3) is 0 Å². The molecular formula is C14H19FN2O2S. The summed E-state index contributed by atoms with van der Waals surface area (Å²) in [5, 5.41) is 10.5. The second-order valence-corrected chi connectivity index (χ2v) is 5.66. The standard InChI is InChI=1S/C14H19FN2O2S/c1-17(9-14(18)4-6-19-7-5-14)10-2-3-11(13(16)20)12(15)8-10/h2-3,8,18H,4-7,9H2,1H3,(H2,16,20). The Kier molecular flexibility index (Phi) is 4.57. The van der Waals surface area contributed by atoms with Gasteiger partial charge in [0.05, 0.1) is 5.60 Å². The molecule has 0 saturated carbocycles. The van der Waals surface area contributed by atoms with Crippen molar-refractivity contribution in [1.29, 1.82) is 0 Å². The molecule has 3 N–H and O–H groups in total. The lowest BCUT2D eigenvalue weighted by Gasteiger charge is -2.36. The number of aliphatic hydroxyl groups is 1. The third-order valence-electron chi connectivity index (χ3n) is 3.61. The number of ether oxygens (including phenoxy) is 1. The molecule has 1 heterocycles. The van der Waals surface area contributed by atoms with Gasteiger partial charge in [-0.3, -0.25) is 0 Å². The Labute approximate surface area is 123 Å². The zero-order valence-electron chi connectivity index (χ0n) is 11.4. The van der Waals surface area contributed by atoms with E-state index < -0.39 is 11.4 Å². The van der Waals surface area contributed by atoms with E-state index in [0.717, 1.165) is 0 Å². The number of halogens is 1. The smallest absolute Gasteiger partial charge is 0.135 e. The highest BCUT2D eigenvalue weighted by atomic mass is 32.1. The number of thiocarbonyl (C=S) groups is 1. The maximum atomic E-state index is 13.9. The lowest BCUT2D eigenvalue weighted by molar-refractivity contribution is -0.0572. The first-order valence-electron chi connectivity index (χ1n) is 6.52. The van der Waals surface area contributed by atoms with Crippen LogP contribution in [0.4, 0.5) is 10.1 Å². The summed E-state index contributed by atoms with van der Waals surface area (Å²) in [6, 6.07) is 4.70. The van der Waals surface area contributed by atoms with E-state index in [0.29, 0.717) is 38.3 Å². The highest BCUT2D eigenvalue weighted by Gasteiger charge is 2.31. The van der Waals surface area contributed by atoms with Crippen LogP contribution in [0.1, 0.15) is 18.4 Å². The molecule has 0 atom stereocenters. The van der Waals surface area contributed by atoms with Crippen LogP contribution in [0.5, 0.6) is 0 Å². The maximum absolute atomic E-state index is 13.9. The van der Waals surface area contributed by atoms with Crippen molar-refractivity contribution in [1.82, 2.24) is 0 Å². The largest absolute Gasteiger partial charge is 0.389 e. The predicted octanol–water partition coefficient (Wildman–Crippen LogP) is 1.44. The van der Waals surface area contributed by atoms with Crippen LogP contribution in [0.2, 0.25) is 0 Å². The molecule has 0 spiro atoms. The Morgan fingerprint density at radius 1 is 1.50 bits per heavy atom. The first-order valence-corrected chi connectivity index (χ1v) is 6.93. The fraction of sp³-hybridized carbons (Fsp3) is 0.500. The monoisotopic (exact) mass is 298 g/mol. The van der Waals surface area contributed by atoms with Gasteiger partial charge in [-0.15, -0.1) is 0 Å². The summed E-state index contributed by atoms with van der Waals surface area (Å²) >= 11 is 4.78. The van der Waals surface area contributed by atoms with Gasteiger partial charge >= 0.3 is 0 Å². The van der Waals surface area contributed by atoms with Crippen molar-refractivity contribution in [3.63, 3.8) is 0 Å². The minimum atomic E-state index is -0.786. The highest BCUT2D eigenvalue weighted by molar-refractivity contribution is 7.80. The molecule has 1 fully saturated rings. The Morgan fingerprint density at radius 3 is 2.70 bits per heavy atom. The summed E-state index contributed by atoms with van der Waals surface area (Å²) in [5.41, 5.74) is 5.57. The molecule has 0 unspecified atom stereocenters. The van der Waals surface area contributed by atoms with E-state index in [2.05, 4.69) is 0 Å². The zero-order valence-corrected chi connectivity index (χ0v) is 12.3. The van der Waals surface area contributed by atoms with Crippen molar-refractivity contribution in [2.45, 2.75) is 18.4 Å². The van der Waals surface area contributed by atoms with Gasteiger partial charge in [-0.2, -0.15) is 0 Å². The molecule has 1 aromatic carbocycles. The van der Waals surface area contributed by atoms with E-state index in [9.17, 15) is 9.50 Å². The predicted molar refractivity (Wildman–Crippen MR) is 80.6 cm³/mol. The van der Waals surface area contributed by atoms with Crippen LogP contribution >= 0.6 is 12.2 Å². The summed E-state index contributed by atoms with van der Waals surface area (Å²) in [7, 11) is 1.82. The molecule has 2 rings (SSSR count). The summed E-state index contributed by atoms with van der Waals surface area (Å²) in [5.74, 6) is -0.444. The van der Waals surface area contributed by atoms with E-state index in [-0.39, 0.29) is 10.6 Å². The van der Waals surface area contributed by atoms with Gasteiger partial charge in [-0.1, -0.05) is 12.2 Å². The van der Waals surface area contributed by atoms with Crippen molar-refractivity contribution in [3.05, 3.63) is 29.6 Å². The molecule has 0 aromatic heterocycles. The molecule has 0 aliphatic carbocycles. The average Bonchev–Trinajstić information content (AvgIpc) is 2.38. The van der Waals surface area contributed by atoms with Crippen LogP contribution in [0.15, 0.2) is 18.2 Å². The molecule has 0 radical (unpaired) electrons. The molecule has 20 heavy (non-hydrogen) atoms. The number of likely N-dealkylation sites (N-methyl/N-ethyl adjacent to an activating group) is 1. The normalized spacial score (nSPS) is 17.8. The van der Waals surface area contributed by atoms with Crippen LogP contribution in [-0.2, 0) is 4.74 Å². The van der Waals surface area contributed by atoms with Crippen LogP contribution in [-0.4, -0.2) is 42.5 Å². The summed E-state index contributed by atoms with van der Waals surface area (Å²) in [6.07, 6.45) is 1.18. The molecule has 0 bridgehead atoms. The molecule has 110 valence electrons. The van der Waals surface area contributed by atoms with Crippen molar-refractivity contribution in [2.75, 3.05) is 31.7 Å². The second kappa shape index (κ2) is 6.03. The van der Waals surface area contributed by atoms with Crippen LogP contribution in [0, 0.1) is 5.82 Å². The number of anilines is 1. The molecule has 1 aliphatic rings. The molecular weight excluding hydrogens is 279 g/mol. The van der Waals surface area contributed by atoms with Gasteiger partial charge < -0.3 is 20.5 Å². The fourth-order valence-corrected chi connectivity index (χ4v) is 2.55. The van der Waals surface area contributed by atoms with Gasteiger partial charge in [-0.25, -0.2) is 4.39 Å². The average molecular weight is 298 g/mol. The van der Waals surface area contributed by atoms with Gasteiger partial charge in [0.15, 0.2) is 0 Å². The van der Waals surface area contributed by atoms with Gasteiger partial charge in [0.1, 0.15) is 10.8 Å². The number of hydrogen-bond donors (Lipinski definition) is 2. The Hall–Kier alpha value is -1.24. The van der Waals surface area contributed by atoms with E-state index in [1.54, 1.807) is 12.1 Å². The third-order valence-corrected chi connectivity index (χ3v) is 3.83. The SMILES string of the molecule is CN(CC1(O)CCOCC1)c1ccc(C(N)=S)c(F)c1. The number of benzene rings is 1. The molecule has 0 amide bonds. The zero-order chi connectivity index (χ0) is 14.8. The van der Waals surface area contributed by atoms with E-state index in [1.807, 2.05) is 11.9 Å². The first-order chi connectivity index (χ1) is 9.41. The van der Waals surface area contributed by atoms with Crippen LogP contribution < -0.4 is 10.6 Å².